The monoisotopic (exact) mass is 112 g/mol. The smallest absolute Gasteiger partial charge is 0.0655 e. The topological polar surface area (TPSA) is 0 Å². The average molecular weight is 112 g/mol. The van der Waals surface area contributed by atoms with Gasteiger partial charge in [0.05, 0.1) is 0 Å². The van der Waals surface area contributed by atoms with Crippen LogP contribution in [-0.4, -0.2) is 7.85 Å². The molecule has 0 spiro atoms. The summed E-state index contributed by atoms with van der Waals surface area (Å²) in [4.78, 5) is 0. The third-order valence-corrected chi connectivity index (χ3v) is 2.56. The molecule has 0 fully saturated rings. The zero-order valence-corrected chi connectivity index (χ0v) is 6.62. The summed E-state index contributed by atoms with van der Waals surface area (Å²) in [7, 11) is 2.35. The second-order valence-corrected chi connectivity index (χ2v) is 2.87. The number of hydrogen-bond donors (Lipinski definition) is 0. The SMILES string of the molecule is BC(CC)(CC)CC. The maximum Gasteiger partial charge on any atom is 0.109 e. The Hall–Kier alpha value is 0.0649. The van der Waals surface area contributed by atoms with Crippen LogP contribution in [0.5, 0.6) is 0 Å². The van der Waals surface area contributed by atoms with Gasteiger partial charge in [-0.3, -0.25) is 0 Å². The zero-order valence-electron chi connectivity index (χ0n) is 6.62. The van der Waals surface area contributed by atoms with Crippen LogP contribution in [0.15, 0.2) is 0 Å². The Bertz CT molecular complexity index is 47.1. The molecular formula is C7H17B. The summed E-state index contributed by atoms with van der Waals surface area (Å²) in [6, 6.07) is 0. The van der Waals surface area contributed by atoms with E-state index in [1.807, 2.05) is 0 Å². The lowest BCUT2D eigenvalue weighted by Crippen LogP contribution is -2.07. The van der Waals surface area contributed by atoms with Crippen molar-refractivity contribution in [3.63, 3.8) is 0 Å². The predicted octanol–water partition coefficient (Wildman–Crippen LogP) is 2.01. The van der Waals surface area contributed by atoms with Gasteiger partial charge in [-0.1, -0.05) is 45.3 Å². The zero-order chi connectivity index (χ0) is 6.62. The fourth-order valence-electron chi connectivity index (χ4n) is 0.750. The van der Waals surface area contributed by atoms with E-state index in [9.17, 15) is 0 Å². The van der Waals surface area contributed by atoms with Crippen molar-refractivity contribution in [3.05, 3.63) is 0 Å². The van der Waals surface area contributed by atoms with E-state index in [4.69, 9.17) is 0 Å². The molecule has 0 saturated heterocycles. The minimum atomic E-state index is 0.625. The predicted molar refractivity (Wildman–Crippen MR) is 42.1 cm³/mol. The standard InChI is InChI=1S/C7H17B/c1-4-7(8,5-2)6-3/h4-6,8H2,1-3H3. The highest BCUT2D eigenvalue weighted by molar-refractivity contribution is 6.15. The molecule has 0 nitrogen and oxygen atoms in total. The van der Waals surface area contributed by atoms with Gasteiger partial charge in [0.25, 0.3) is 0 Å². The molecule has 0 unspecified atom stereocenters. The highest BCUT2D eigenvalue weighted by Crippen LogP contribution is 2.33. The third kappa shape index (κ3) is 1.89. The van der Waals surface area contributed by atoms with Crippen LogP contribution in [-0.2, 0) is 0 Å². The molecule has 0 aliphatic rings. The van der Waals surface area contributed by atoms with E-state index in [-0.39, 0.29) is 0 Å². The molecule has 0 aromatic rings. The van der Waals surface area contributed by atoms with Gasteiger partial charge in [0.2, 0.25) is 0 Å². The van der Waals surface area contributed by atoms with Gasteiger partial charge in [-0.15, -0.1) is 0 Å². The molecule has 0 aromatic carbocycles. The van der Waals surface area contributed by atoms with Crippen molar-refractivity contribution in [1.29, 1.82) is 0 Å². The molecule has 48 valence electrons. The van der Waals surface area contributed by atoms with Gasteiger partial charge >= 0.3 is 0 Å². The maximum absolute atomic E-state index is 2.35. The summed E-state index contributed by atoms with van der Waals surface area (Å²) < 4.78 is 0. The summed E-state index contributed by atoms with van der Waals surface area (Å²) in [5, 5.41) is 0.625. The van der Waals surface area contributed by atoms with E-state index >= 15 is 0 Å². The molecule has 0 radical (unpaired) electrons. The normalized spacial score (nSPS) is 11.9. The lowest BCUT2D eigenvalue weighted by molar-refractivity contribution is 0.504. The molecule has 0 atom stereocenters. The first-order valence-electron chi connectivity index (χ1n) is 3.68. The number of rotatable bonds is 3. The number of hydrogen-bond acceptors (Lipinski definition) is 0. The van der Waals surface area contributed by atoms with Crippen molar-refractivity contribution in [2.45, 2.75) is 45.3 Å². The highest BCUT2D eigenvalue weighted by Gasteiger charge is 2.15. The van der Waals surface area contributed by atoms with Gasteiger partial charge in [0.15, 0.2) is 0 Å². The molecule has 0 aromatic heterocycles. The molecule has 0 heterocycles. The average Bonchev–Trinajstić information content (AvgIpc) is 1.87. The van der Waals surface area contributed by atoms with Crippen LogP contribution in [0.2, 0.25) is 5.31 Å². The van der Waals surface area contributed by atoms with E-state index in [0.29, 0.717) is 5.31 Å². The Labute approximate surface area is 54.1 Å². The molecule has 0 amide bonds. The summed E-state index contributed by atoms with van der Waals surface area (Å²) in [6.07, 6.45) is 3.96. The summed E-state index contributed by atoms with van der Waals surface area (Å²) in [5.41, 5.74) is 0. The van der Waals surface area contributed by atoms with E-state index < -0.39 is 0 Å². The molecule has 0 N–H and O–H groups in total. The van der Waals surface area contributed by atoms with E-state index in [1.165, 1.54) is 19.3 Å². The van der Waals surface area contributed by atoms with Gasteiger partial charge in [-0.05, 0) is 0 Å². The van der Waals surface area contributed by atoms with Gasteiger partial charge < -0.3 is 0 Å². The largest absolute Gasteiger partial charge is 0.109 e. The first-order valence-corrected chi connectivity index (χ1v) is 3.68. The van der Waals surface area contributed by atoms with Crippen molar-refractivity contribution in [1.82, 2.24) is 0 Å². The fraction of sp³-hybridized carbons (Fsp3) is 1.00. The van der Waals surface area contributed by atoms with Crippen molar-refractivity contribution in [3.8, 4) is 0 Å². The van der Waals surface area contributed by atoms with Crippen LogP contribution < -0.4 is 0 Å². The molecule has 0 rings (SSSR count). The molecule has 0 saturated carbocycles. The molecule has 8 heavy (non-hydrogen) atoms. The highest BCUT2D eigenvalue weighted by atomic mass is 14.1. The Morgan fingerprint density at radius 2 is 1.25 bits per heavy atom. The van der Waals surface area contributed by atoms with Crippen LogP contribution in [0.25, 0.3) is 0 Å². The van der Waals surface area contributed by atoms with Crippen molar-refractivity contribution in [2.24, 2.45) is 0 Å². The van der Waals surface area contributed by atoms with Crippen LogP contribution >= 0.6 is 0 Å². The first-order chi connectivity index (χ1) is 3.68. The quantitative estimate of drug-likeness (QED) is 0.490. The Balaban J connectivity index is 3.58. The second-order valence-electron chi connectivity index (χ2n) is 2.87. The van der Waals surface area contributed by atoms with Crippen molar-refractivity contribution in [2.75, 3.05) is 0 Å². The summed E-state index contributed by atoms with van der Waals surface area (Å²) >= 11 is 0. The molecule has 0 bridgehead atoms. The van der Waals surface area contributed by atoms with Gasteiger partial charge in [-0.25, -0.2) is 0 Å². The maximum atomic E-state index is 2.35. The lowest BCUT2D eigenvalue weighted by Gasteiger charge is -2.23. The minimum absolute atomic E-state index is 0.625. The third-order valence-electron chi connectivity index (χ3n) is 2.56. The summed E-state index contributed by atoms with van der Waals surface area (Å²) in [5.74, 6) is 0. The Morgan fingerprint density at radius 3 is 1.25 bits per heavy atom. The molecule has 0 aliphatic heterocycles. The van der Waals surface area contributed by atoms with Crippen molar-refractivity contribution >= 4 is 7.85 Å². The van der Waals surface area contributed by atoms with Gasteiger partial charge in [-0.2, -0.15) is 0 Å². The van der Waals surface area contributed by atoms with Gasteiger partial charge in [0.1, 0.15) is 7.85 Å². The fourth-order valence-corrected chi connectivity index (χ4v) is 0.750. The van der Waals surface area contributed by atoms with Crippen LogP contribution in [0.3, 0.4) is 0 Å². The Morgan fingerprint density at radius 1 is 1.00 bits per heavy atom. The van der Waals surface area contributed by atoms with Crippen LogP contribution in [0.4, 0.5) is 0 Å². The lowest BCUT2D eigenvalue weighted by atomic mass is 9.63. The van der Waals surface area contributed by atoms with Crippen LogP contribution in [0, 0.1) is 0 Å². The second kappa shape index (κ2) is 3.16. The van der Waals surface area contributed by atoms with E-state index in [2.05, 4.69) is 28.6 Å². The first kappa shape index (κ1) is 8.06. The van der Waals surface area contributed by atoms with E-state index in [1.54, 1.807) is 0 Å². The molecule has 0 aliphatic carbocycles. The molecule has 1 heteroatoms. The van der Waals surface area contributed by atoms with E-state index in [0.717, 1.165) is 0 Å². The Kier molecular flexibility index (Phi) is 3.19. The van der Waals surface area contributed by atoms with Crippen molar-refractivity contribution < 1.29 is 0 Å². The molecular weight excluding hydrogens is 94.9 g/mol. The minimum Gasteiger partial charge on any atom is -0.0655 e. The van der Waals surface area contributed by atoms with Gasteiger partial charge in [0, 0.05) is 0 Å². The van der Waals surface area contributed by atoms with Crippen LogP contribution in [0.1, 0.15) is 40.0 Å². The summed E-state index contributed by atoms with van der Waals surface area (Å²) in [6.45, 7) is 6.81.